The van der Waals surface area contributed by atoms with Crippen molar-refractivity contribution in [1.82, 2.24) is 4.90 Å². The maximum absolute atomic E-state index is 12.8. The van der Waals surface area contributed by atoms with E-state index in [9.17, 15) is 13.2 Å². The minimum atomic E-state index is -1.44. The van der Waals surface area contributed by atoms with Gasteiger partial charge in [0, 0.05) is 19.6 Å². The quantitative estimate of drug-likeness (QED) is 0.754. The molecule has 15 heavy (non-hydrogen) atoms. The van der Waals surface area contributed by atoms with E-state index in [4.69, 9.17) is 5.11 Å². The highest BCUT2D eigenvalue weighted by Gasteiger charge is 2.24. The molecule has 82 valence electrons. The van der Waals surface area contributed by atoms with E-state index in [1.807, 2.05) is 4.90 Å². The maximum Gasteiger partial charge on any atom is 0.194 e. The van der Waals surface area contributed by atoms with E-state index >= 15 is 0 Å². The van der Waals surface area contributed by atoms with E-state index in [-0.39, 0.29) is 6.10 Å². The van der Waals surface area contributed by atoms with Gasteiger partial charge in [0.25, 0.3) is 0 Å². The molecule has 1 N–H and O–H groups in total. The van der Waals surface area contributed by atoms with E-state index in [0.29, 0.717) is 25.2 Å². The van der Waals surface area contributed by atoms with Crippen molar-refractivity contribution >= 4 is 0 Å². The average Bonchev–Trinajstić information content (AvgIpc) is 2.11. The van der Waals surface area contributed by atoms with Crippen LogP contribution in [-0.2, 0) is 6.54 Å². The molecule has 0 aromatic heterocycles. The molecule has 0 bridgehead atoms. The molecule has 1 fully saturated rings. The topological polar surface area (TPSA) is 23.5 Å². The number of hydrogen-bond acceptors (Lipinski definition) is 2. The van der Waals surface area contributed by atoms with Crippen molar-refractivity contribution in [3.8, 4) is 0 Å². The summed E-state index contributed by atoms with van der Waals surface area (Å²) in [6.45, 7) is 1.30. The summed E-state index contributed by atoms with van der Waals surface area (Å²) in [5.74, 6) is -3.79. The molecular formula is C10H10F3NO. The zero-order chi connectivity index (χ0) is 11.0. The Hall–Kier alpha value is -1.07. The van der Waals surface area contributed by atoms with Gasteiger partial charge in [0.1, 0.15) is 0 Å². The zero-order valence-electron chi connectivity index (χ0n) is 7.88. The van der Waals surface area contributed by atoms with E-state index < -0.39 is 17.5 Å². The number of aliphatic hydroxyl groups is 1. The molecule has 1 heterocycles. The number of β-amino-alcohol motifs (C(OH)–C–C–N with tert-alkyl or cyclic N) is 1. The molecule has 5 heteroatoms. The molecule has 0 atom stereocenters. The fraction of sp³-hybridized carbons (Fsp3) is 0.400. The fourth-order valence-corrected chi connectivity index (χ4v) is 1.63. The van der Waals surface area contributed by atoms with E-state index in [0.717, 1.165) is 12.1 Å². The first-order valence-electron chi connectivity index (χ1n) is 4.60. The fourth-order valence-electron chi connectivity index (χ4n) is 1.63. The number of benzene rings is 1. The Morgan fingerprint density at radius 2 is 1.73 bits per heavy atom. The Bertz CT molecular complexity index is 354. The maximum atomic E-state index is 12.8. The molecule has 1 aliphatic heterocycles. The molecule has 1 aromatic rings. The van der Waals surface area contributed by atoms with E-state index in [1.54, 1.807) is 0 Å². The molecule has 0 radical (unpaired) electrons. The van der Waals surface area contributed by atoms with Crippen LogP contribution in [-0.4, -0.2) is 29.2 Å². The first kappa shape index (κ1) is 10.4. The van der Waals surface area contributed by atoms with Crippen molar-refractivity contribution in [3.63, 3.8) is 0 Å². The third kappa shape index (κ3) is 2.13. The number of hydrogen-bond donors (Lipinski definition) is 1. The van der Waals surface area contributed by atoms with Gasteiger partial charge in [-0.25, -0.2) is 13.2 Å². The Kier molecular flexibility index (Phi) is 2.67. The van der Waals surface area contributed by atoms with Gasteiger partial charge in [-0.2, -0.15) is 0 Å². The predicted molar refractivity (Wildman–Crippen MR) is 47.6 cm³/mol. The van der Waals surface area contributed by atoms with Crippen LogP contribution in [0.1, 0.15) is 5.56 Å². The summed E-state index contributed by atoms with van der Waals surface area (Å²) in [7, 11) is 0. The number of likely N-dealkylation sites (tertiary alicyclic amines) is 1. The summed E-state index contributed by atoms with van der Waals surface area (Å²) in [6, 6.07) is 1.95. The second-order valence-corrected chi connectivity index (χ2v) is 3.72. The minimum Gasteiger partial charge on any atom is -0.390 e. The molecule has 1 aliphatic rings. The van der Waals surface area contributed by atoms with Crippen LogP contribution in [0.5, 0.6) is 0 Å². The van der Waals surface area contributed by atoms with Crippen molar-refractivity contribution in [3.05, 3.63) is 35.1 Å². The summed E-state index contributed by atoms with van der Waals surface area (Å²) in [5.41, 5.74) is 0.373. The molecule has 0 saturated carbocycles. The smallest absolute Gasteiger partial charge is 0.194 e. The lowest BCUT2D eigenvalue weighted by molar-refractivity contribution is -0.00296. The van der Waals surface area contributed by atoms with Crippen LogP contribution in [0.15, 0.2) is 12.1 Å². The van der Waals surface area contributed by atoms with Crippen LogP contribution in [0.3, 0.4) is 0 Å². The van der Waals surface area contributed by atoms with Gasteiger partial charge in [0.15, 0.2) is 17.5 Å². The molecule has 0 spiro atoms. The van der Waals surface area contributed by atoms with Crippen LogP contribution in [0.25, 0.3) is 0 Å². The monoisotopic (exact) mass is 217 g/mol. The van der Waals surface area contributed by atoms with Crippen LogP contribution in [0, 0.1) is 17.5 Å². The average molecular weight is 217 g/mol. The van der Waals surface area contributed by atoms with Crippen LogP contribution >= 0.6 is 0 Å². The van der Waals surface area contributed by atoms with Crippen molar-refractivity contribution in [2.75, 3.05) is 13.1 Å². The van der Waals surface area contributed by atoms with Crippen LogP contribution in [0.4, 0.5) is 13.2 Å². The van der Waals surface area contributed by atoms with Gasteiger partial charge in [-0.3, -0.25) is 4.90 Å². The molecule has 1 saturated heterocycles. The Morgan fingerprint density at radius 3 is 2.20 bits per heavy atom. The zero-order valence-corrected chi connectivity index (χ0v) is 7.88. The third-order valence-electron chi connectivity index (χ3n) is 2.39. The molecule has 0 aliphatic carbocycles. The molecule has 0 amide bonds. The first-order valence-corrected chi connectivity index (χ1v) is 4.60. The van der Waals surface area contributed by atoms with Gasteiger partial charge in [0.2, 0.25) is 0 Å². The van der Waals surface area contributed by atoms with Gasteiger partial charge >= 0.3 is 0 Å². The molecule has 1 aromatic carbocycles. The Labute approximate surface area is 84.9 Å². The van der Waals surface area contributed by atoms with E-state index in [2.05, 4.69) is 0 Å². The van der Waals surface area contributed by atoms with E-state index in [1.165, 1.54) is 0 Å². The molecule has 2 nitrogen and oxygen atoms in total. The molecule has 0 unspecified atom stereocenters. The Balaban J connectivity index is 2.09. The predicted octanol–water partition coefficient (Wildman–Crippen LogP) is 1.28. The second kappa shape index (κ2) is 3.83. The van der Waals surface area contributed by atoms with Gasteiger partial charge in [0.05, 0.1) is 6.10 Å². The summed E-state index contributed by atoms with van der Waals surface area (Å²) in [5, 5.41) is 9.00. The highest BCUT2D eigenvalue weighted by molar-refractivity contribution is 5.19. The number of halogens is 3. The summed E-state index contributed by atoms with van der Waals surface area (Å²) < 4.78 is 38.2. The number of rotatable bonds is 2. The van der Waals surface area contributed by atoms with Gasteiger partial charge in [-0.05, 0) is 17.7 Å². The molecular weight excluding hydrogens is 207 g/mol. The number of aliphatic hydroxyl groups excluding tert-OH is 1. The van der Waals surface area contributed by atoms with Crippen molar-refractivity contribution in [2.24, 2.45) is 0 Å². The van der Waals surface area contributed by atoms with Crippen LogP contribution < -0.4 is 0 Å². The SMILES string of the molecule is OC1CN(Cc2cc(F)c(F)c(F)c2)C1. The highest BCUT2D eigenvalue weighted by atomic mass is 19.2. The Morgan fingerprint density at radius 1 is 1.20 bits per heavy atom. The lowest BCUT2D eigenvalue weighted by atomic mass is 10.1. The normalized spacial score (nSPS) is 17.9. The van der Waals surface area contributed by atoms with Gasteiger partial charge in [-0.1, -0.05) is 0 Å². The van der Waals surface area contributed by atoms with Gasteiger partial charge < -0.3 is 5.11 Å². The first-order chi connectivity index (χ1) is 7.06. The summed E-state index contributed by atoms with van der Waals surface area (Å²) in [6.07, 6.45) is -0.361. The largest absolute Gasteiger partial charge is 0.390 e. The van der Waals surface area contributed by atoms with Crippen molar-refractivity contribution in [1.29, 1.82) is 0 Å². The third-order valence-corrected chi connectivity index (χ3v) is 2.39. The highest BCUT2D eigenvalue weighted by Crippen LogP contribution is 2.17. The lowest BCUT2D eigenvalue weighted by Gasteiger charge is -2.35. The van der Waals surface area contributed by atoms with Crippen molar-refractivity contribution in [2.45, 2.75) is 12.6 Å². The minimum absolute atomic E-state index is 0.325. The van der Waals surface area contributed by atoms with Crippen LogP contribution in [0.2, 0.25) is 0 Å². The number of nitrogens with zero attached hydrogens (tertiary/aromatic N) is 1. The second-order valence-electron chi connectivity index (χ2n) is 3.72. The molecule has 2 rings (SSSR count). The summed E-state index contributed by atoms with van der Waals surface area (Å²) >= 11 is 0. The standard InChI is InChI=1S/C10H10F3NO/c11-8-1-6(2-9(12)10(8)13)3-14-4-7(15)5-14/h1-2,7,15H,3-5H2. The summed E-state index contributed by atoms with van der Waals surface area (Å²) in [4.78, 5) is 1.82. The van der Waals surface area contributed by atoms with Gasteiger partial charge in [-0.15, -0.1) is 0 Å². The lowest BCUT2D eigenvalue weighted by Crippen LogP contribution is -2.49. The van der Waals surface area contributed by atoms with Crippen molar-refractivity contribution < 1.29 is 18.3 Å².